The van der Waals surface area contributed by atoms with Crippen molar-refractivity contribution < 1.29 is 22.2 Å². The van der Waals surface area contributed by atoms with Crippen molar-refractivity contribution in [2.75, 3.05) is 24.2 Å². The normalized spacial score (nSPS) is 21.4. The maximum absolute atomic E-state index is 14.1. The number of nitrogens with one attached hydrogen (secondary N) is 2. The third-order valence-electron chi connectivity index (χ3n) is 7.55. The van der Waals surface area contributed by atoms with E-state index in [0.29, 0.717) is 18.3 Å². The van der Waals surface area contributed by atoms with E-state index in [1.807, 2.05) is 0 Å². The topological polar surface area (TPSA) is 100 Å². The van der Waals surface area contributed by atoms with Crippen molar-refractivity contribution in [3.8, 4) is 10.6 Å². The Bertz CT molecular complexity index is 1520. The van der Waals surface area contributed by atoms with Gasteiger partial charge in [0.1, 0.15) is 16.3 Å². The number of carbonyl (C=O) groups is 1. The molecule has 39 heavy (non-hydrogen) atoms. The predicted molar refractivity (Wildman–Crippen MR) is 141 cm³/mol. The van der Waals surface area contributed by atoms with Crippen LogP contribution >= 0.6 is 11.3 Å². The van der Waals surface area contributed by atoms with E-state index in [0.717, 1.165) is 79.5 Å². The Kier molecular flexibility index (Phi) is 6.01. The summed E-state index contributed by atoms with van der Waals surface area (Å²) in [5.74, 6) is 0.915. The Hall–Kier alpha value is -2.90. The van der Waals surface area contributed by atoms with Gasteiger partial charge in [-0.05, 0) is 54.9 Å². The summed E-state index contributed by atoms with van der Waals surface area (Å²) in [6, 6.07) is 3.68. The molecule has 0 saturated heterocycles. The number of thiophene rings is 1. The van der Waals surface area contributed by atoms with E-state index in [-0.39, 0.29) is 44.0 Å². The van der Waals surface area contributed by atoms with Crippen LogP contribution in [0.5, 0.6) is 0 Å². The standard InChI is InChI=1S/C26H25F3N6O2S2/c27-26(28,29)17-12-31-25(34-23-16(13-1-2-13)9-14-11-30-6-5-18(14)32-23)33-21(17)19-10-20-22(38-19)24(36)35(15-3-4-15)7-8-39(20)37/h9-10,12-13,15,30H,1-8,11H2,(H,31,32,33,34). The van der Waals surface area contributed by atoms with Gasteiger partial charge in [0.2, 0.25) is 5.95 Å². The highest BCUT2D eigenvalue weighted by Crippen LogP contribution is 2.45. The molecule has 1 atom stereocenters. The lowest BCUT2D eigenvalue weighted by Gasteiger charge is -2.20. The lowest BCUT2D eigenvalue weighted by atomic mass is 10.0. The molecule has 0 aromatic carbocycles. The number of amides is 1. The largest absolute Gasteiger partial charge is 0.420 e. The monoisotopic (exact) mass is 574 g/mol. The number of carbonyl (C=O) groups excluding carboxylic acids is 1. The van der Waals surface area contributed by atoms with Crippen molar-refractivity contribution in [3.63, 3.8) is 0 Å². The van der Waals surface area contributed by atoms with Crippen LogP contribution in [0.2, 0.25) is 0 Å². The number of halogens is 3. The molecular weight excluding hydrogens is 549 g/mol. The third kappa shape index (κ3) is 4.74. The van der Waals surface area contributed by atoms with Crippen molar-refractivity contribution in [2.24, 2.45) is 0 Å². The van der Waals surface area contributed by atoms with Crippen LogP contribution in [0, 0.1) is 0 Å². The quantitative estimate of drug-likeness (QED) is 0.459. The summed E-state index contributed by atoms with van der Waals surface area (Å²) >= 11 is 0.920. The molecule has 3 aromatic rings. The lowest BCUT2D eigenvalue weighted by Crippen LogP contribution is -2.33. The Morgan fingerprint density at radius 1 is 1.15 bits per heavy atom. The molecular formula is C26H25F3N6O2S2. The molecule has 3 aromatic heterocycles. The smallest absolute Gasteiger partial charge is 0.334 e. The van der Waals surface area contributed by atoms with Crippen molar-refractivity contribution in [1.82, 2.24) is 25.2 Å². The van der Waals surface area contributed by atoms with Crippen molar-refractivity contribution in [1.29, 1.82) is 0 Å². The Morgan fingerprint density at radius 3 is 2.72 bits per heavy atom. The Labute approximate surface area is 228 Å². The summed E-state index contributed by atoms with van der Waals surface area (Å²) in [7, 11) is -1.49. The van der Waals surface area contributed by atoms with Crippen molar-refractivity contribution in [3.05, 3.63) is 45.6 Å². The molecule has 0 bridgehead atoms. The van der Waals surface area contributed by atoms with Gasteiger partial charge in [0, 0.05) is 49.7 Å². The third-order valence-corrected chi connectivity index (χ3v) is 10.2. The first kappa shape index (κ1) is 25.1. The highest BCUT2D eigenvalue weighted by Gasteiger charge is 2.40. The number of aromatic nitrogens is 3. The van der Waals surface area contributed by atoms with Gasteiger partial charge in [0.25, 0.3) is 5.91 Å². The summed E-state index contributed by atoms with van der Waals surface area (Å²) < 4.78 is 55.2. The van der Waals surface area contributed by atoms with Crippen LogP contribution in [0.1, 0.15) is 63.7 Å². The zero-order valence-corrected chi connectivity index (χ0v) is 22.4. The summed E-state index contributed by atoms with van der Waals surface area (Å²) in [5, 5.41) is 6.45. The van der Waals surface area contributed by atoms with E-state index in [2.05, 4.69) is 26.7 Å². The van der Waals surface area contributed by atoms with Crippen LogP contribution in [-0.4, -0.2) is 54.9 Å². The lowest BCUT2D eigenvalue weighted by molar-refractivity contribution is -0.137. The van der Waals surface area contributed by atoms with E-state index in [4.69, 9.17) is 4.98 Å². The zero-order chi connectivity index (χ0) is 26.9. The van der Waals surface area contributed by atoms with E-state index in [1.165, 1.54) is 6.07 Å². The second kappa shape index (κ2) is 9.34. The number of hydrogen-bond donors (Lipinski definition) is 2. The van der Waals surface area contributed by atoms with Gasteiger partial charge >= 0.3 is 6.18 Å². The van der Waals surface area contributed by atoms with E-state index >= 15 is 0 Å². The summed E-state index contributed by atoms with van der Waals surface area (Å²) in [4.78, 5) is 28.7. The molecule has 2 N–H and O–H groups in total. The maximum Gasteiger partial charge on any atom is 0.420 e. The fourth-order valence-corrected chi connectivity index (χ4v) is 7.84. The number of pyridine rings is 1. The first-order valence-electron chi connectivity index (χ1n) is 13.0. The van der Waals surface area contributed by atoms with Gasteiger partial charge in [0.15, 0.2) is 0 Å². The molecule has 5 heterocycles. The second-order valence-corrected chi connectivity index (χ2v) is 13.0. The van der Waals surface area contributed by atoms with E-state index in [9.17, 15) is 22.2 Å². The number of hydrogen-bond acceptors (Lipinski definition) is 8. The molecule has 204 valence electrons. The van der Waals surface area contributed by atoms with Crippen LogP contribution in [-0.2, 0) is 29.9 Å². The Morgan fingerprint density at radius 2 is 1.97 bits per heavy atom. The molecule has 2 aliphatic carbocycles. The molecule has 8 nitrogen and oxygen atoms in total. The first-order chi connectivity index (χ1) is 18.8. The minimum Gasteiger partial charge on any atom is -0.334 e. The molecule has 2 fully saturated rings. The minimum absolute atomic E-state index is 0.00284. The van der Waals surface area contributed by atoms with Crippen molar-refractivity contribution >= 4 is 39.8 Å². The molecule has 13 heteroatoms. The first-order valence-corrected chi connectivity index (χ1v) is 15.2. The SMILES string of the molecule is O=C1c2sc(-c3nc(Nc4nc5c(cc4C4CC4)CNCC5)ncc3C(F)(F)F)cc2S(=O)CCN1C1CC1. The fraction of sp³-hybridized carbons (Fsp3) is 0.462. The highest BCUT2D eigenvalue weighted by molar-refractivity contribution is 7.85. The average molecular weight is 575 g/mol. The van der Waals surface area contributed by atoms with Gasteiger partial charge in [-0.2, -0.15) is 13.2 Å². The van der Waals surface area contributed by atoms with Gasteiger partial charge in [0.05, 0.1) is 26.3 Å². The molecule has 1 amide bonds. The minimum atomic E-state index is -4.71. The maximum atomic E-state index is 14.1. The van der Waals surface area contributed by atoms with Gasteiger partial charge in [-0.25, -0.2) is 15.0 Å². The molecule has 7 rings (SSSR count). The van der Waals surface area contributed by atoms with Gasteiger partial charge in [-0.3, -0.25) is 9.00 Å². The predicted octanol–water partition coefficient (Wildman–Crippen LogP) is 4.61. The number of nitrogens with zero attached hydrogens (tertiary/aromatic N) is 4. The Balaban J connectivity index is 1.29. The van der Waals surface area contributed by atoms with Crippen LogP contribution < -0.4 is 10.6 Å². The molecule has 0 spiro atoms. The molecule has 0 radical (unpaired) electrons. The molecule has 2 saturated carbocycles. The van der Waals surface area contributed by atoms with Gasteiger partial charge in [-0.15, -0.1) is 11.3 Å². The van der Waals surface area contributed by atoms with Gasteiger partial charge in [-0.1, -0.05) is 0 Å². The number of anilines is 2. The van der Waals surface area contributed by atoms with Crippen LogP contribution in [0.4, 0.5) is 24.9 Å². The summed E-state index contributed by atoms with van der Waals surface area (Å²) in [6.45, 7) is 1.93. The number of alkyl halides is 3. The summed E-state index contributed by atoms with van der Waals surface area (Å²) in [5.41, 5.74) is 1.77. The molecule has 2 aliphatic heterocycles. The van der Waals surface area contributed by atoms with Crippen LogP contribution in [0.3, 0.4) is 0 Å². The van der Waals surface area contributed by atoms with Crippen LogP contribution in [0.25, 0.3) is 10.6 Å². The van der Waals surface area contributed by atoms with Crippen molar-refractivity contribution in [2.45, 2.75) is 61.7 Å². The molecule has 1 unspecified atom stereocenters. The fourth-order valence-electron chi connectivity index (χ4n) is 5.23. The second-order valence-electron chi connectivity index (χ2n) is 10.4. The number of fused-ring (bicyclic) bond motifs is 2. The van der Waals surface area contributed by atoms with Gasteiger partial charge < -0.3 is 15.5 Å². The zero-order valence-electron chi connectivity index (χ0n) is 20.8. The summed E-state index contributed by atoms with van der Waals surface area (Å²) in [6.07, 6.45) is 0.663. The molecule has 4 aliphatic rings. The number of rotatable bonds is 5. The van der Waals surface area contributed by atoms with E-state index in [1.54, 1.807) is 4.90 Å². The average Bonchev–Trinajstić information content (AvgIpc) is 3.85. The highest BCUT2D eigenvalue weighted by atomic mass is 32.2. The van der Waals surface area contributed by atoms with E-state index < -0.39 is 22.5 Å². The van der Waals surface area contributed by atoms with Crippen LogP contribution in [0.15, 0.2) is 23.2 Å².